The summed E-state index contributed by atoms with van der Waals surface area (Å²) in [5.74, 6) is 0.0498. The van der Waals surface area contributed by atoms with Gasteiger partial charge in [-0.3, -0.25) is 9.69 Å². The van der Waals surface area contributed by atoms with E-state index in [-0.39, 0.29) is 17.7 Å². The second-order valence-electron chi connectivity index (χ2n) is 7.61. The summed E-state index contributed by atoms with van der Waals surface area (Å²) in [5, 5.41) is 0. The minimum Gasteiger partial charge on any atom is -0.309 e. The first-order valence-electron chi connectivity index (χ1n) is 9.98. The predicted octanol–water partition coefficient (Wildman–Crippen LogP) is 2.58. The second-order valence-corrected chi connectivity index (χ2v) is 9.58. The highest BCUT2D eigenvalue weighted by atomic mass is 32.2. The smallest absolute Gasteiger partial charge is 0.241 e. The highest BCUT2D eigenvalue weighted by Gasteiger charge is 2.29. The summed E-state index contributed by atoms with van der Waals surface area (Å²) in [7, 11) is -3.35. The molecule has 29 heavy (non-hydrogen) atoms. The molecule has 1 saturated heterocycles. The van der Waals surface area contributed by atoms with Gasteiger partial charge in [0, 0.05) is 37.9 Å². The number of nitrogens with zero attached hydrogens (tertiary/aromatic N) is 3. The van der Waals surface area contributed by atoms with Crippen molar-refractivity contribution in [3.05, 3.63) is 66.2 Å². The zero-order chi connectivity index (χ0) is 20.9. The highest BCUT2D eigenvalue weighted by Crippen LogP contribution is 2.18. The van der Waals surface area contributed by atoms with Gasteiger partial charge in [-0.2, -0.15) is 4.31 Å². The van der Waals surface area contributed by atoms with Crippen LogP contribution in [0.3, 0.4) is 0 Å². The number of sulfonamides is 1. The summed E-state index contributed by atoms with van der Waals surface area (Å²) < 4.78 is 26.9. The Morgan fingerprint density at radius 1 is 0.931 bits per heavy atom. The maximum Gasteiger partial charge on any atom is 0.241 e. The number of amides is 1. The molecule has 7 heteroatoms. The molecular formula is C22H29N3O3S. The number of hydrogen-bond donors (Lipinski definition) is 0. The average molecular weight is 416 g/mol. The molecule has 3 rings (SSSR count). The SMILES string of the molecule is CC(C)N(C(=O)CN1CCN(S(=O)(=O)Cc2ccccc2)CC1)c1ccccc1. The van der Waals surface area contributed by atoms with Crippen LogP contribution in [0.5, 0.6) is 0 Å². The van der Waals surface area contributed by atoms with Gasteiger partial charge in [0.25, 0.3) is 0 Å². The van der Waals surface area contributed by atoms with E-state index in [0.29, 0.717) is 32.7 Å². The standard InChI is InChI=1S/C22H29N3O3S/c1-19(2)25(21-11-7-4-8-12-21)22(26)17-23-13-15-24(16-14-23)29(27,28)18-20-9-5-3-6-10-20/h3-12,19H,13-18H2,1-2H3. The summed E-state index contributed by atoms with van der Waals surface area (Å²) in [6.07, 6.45) is 0. The van der Waals surface area contributed by atoms with E-state index in [2.05, 4.69) is 0 Å². The van der Waals surface area contributed by atoms with Gasteiger partial charge in [-0.15, -0.1) is 0 Å². The van der Waals surface area contributed by atoms with Gasteiger partial charge < -0.3 is 4.90 Å². The number of para-hydroxylation sites is 1. The number of piperazine rings is 1. The van der Waals surface area contributed by atoms with Gasteiger partial charge in [0.1, 0.15) is 0 Å². The first kappa shape index (κ1) is 21.5. The quantitative estimate of drug-likeness (QED) is 0.697. The van der Waals surface area contributed by atoms with Crippen molar-refractivity contribution in [1.82, 2.24) is 9.21 Å². The Kier molecular flexibility index (Phi) is 7.05. The largest absolute Gasteiger partial charge is 0.309 e. The van der Waals surface area contributed by atoms with Crippen LogP contribution in [0.1, 0.15) is 19.4 Å². The van der Waals surface area contributed by atoms with Crippen LogP contribution in [-0.4, -0.2) is 62.3 Å². The number of hydrogen-bond acceptors (Lipinski definition) is 4. The molecule has 1 aliphatic heterocycles. The Labute approximate surface area is 173 Å². The fraction of sp³-hybridized carbons (Fsp3) is 0.409. The third-order valence-electron chi connectivity index (χ3n) is 5.09. The molecule has 0 radical (unpaired) electrons. The maximum absolute atomic E-state index is 12.9. The van der Waals surface area contributed by atoms with Crippen molar-refractivity contribution in [3.8, 4) is 0 Å². The molecular weight excluding hydrogens is 386 g/mol. The van der Waals surface area contributed by atoms with Crippen molar-refractivity contribution < 1.29 is 13.2 Å². The fourth-order valence-corrected chi connectivity index (χ4v) is 5.14. The van der Waals surface area contributed by atoms with Gasteiger partial charge in [0.2, 0.25) is 15.9 Å². The van der Waals surface area contributed by atoms with Crippen LogP contribution >= 0.6 is 0 Å². The molecule has 1 aliphatic rings. The molecule has 0 atom stereocenters. The Morgan fingerprint density at radius 2 is 1.48 bits per heavy atom. The molecule has 1 fully saturated rings. The lowest BCUT2D eigenvalue weighted by molar-refractivity contribution is -0.120. The molecule has 6 nitrogen and oxygen atoms in total. The summed E-state index contributed by atoms with van der Waals surface area (Å²) in [5.41, 5.74) is 1.68. The van der Waals surface area contributed by atoms with E-state index >= 15 is 0 Å². The Hall–Kier alpha value is -2.22. The topological polar surface area (TPSA) is 60.9 Å². The number of anilines is 1. The van der Waals surface area contributed by atoms with Crippen molar-refractivity contribution in [2.24, 2.45) is 0 Å². The zero-order valence-corrected chi connectivity index (χ0v) is 17.9. The molecule has 0 aliphatic carbocycles. The lowest BCUT2D eigenvalue weighted by Crippen LogP contribution is -2.52. The summed E-state index contributed by atoms with van der Waals surface area (Å²) in [6, 6.07) is 18.9. The molecule has 0 bridgehead atoms. The molecule has 0 spiro atoms. The molecule has 0 unspecified atom stereocenters. The Balaban J connectivity index is 1.57. The number of carbonyl (C=O) groups is 1. The average Bonchev–Trinajstić information content (AvgIpc) is 2.69. The second kappa shape index (κ2) is 9.52. The number of rotatable bonds is 7. The van der Waals surface area contributed by atoms with Crippen LogP contribution in [0.2, 0.25) is 0 Å². The van der Waals surface area contributed by atoms with E-state index < -0.39 is 10.0 Å². The number of benzene rings is 2. The molecule has 0 N–H and O–H groups in total. The van der Waals surface area contributed by atoms with Gasteiger partial charge in [0.05, 0.1) is 12.3 Å². The van der Waals surface area contributed by atoms with Gasteiger partial charge in [-0.05, 0) is 31.5 Å². The van der Waals surface area contributed by atoms with E-state index in [4.69, 9.17) is 0 Å². The van der Waals surface area contributed by atoms with Gasteiger partial charge in [-0.25, -0.2) is 8.42 Å². The van der Waals surface area contributed by atoms with Crippen LogP contribution in [0.25, 0.3) is 0 Å². The summed E-state index contributed by atoms with van der Waals surface area (Å²) in [6.45, 7) is 6.23. The van der Waals surface area contributed by atoms with Gasteiger partial charge in [-0.1, -0.05) is 48.5 Å². The van der Waals surface area contributed by atoms with Crippen LogP contribution in [0.4, 0.5) is 5.69 Å². The molecule has 1 amide bonds. The molecule has 156 valence electrons. The lowest BCUT2D eigenvalue weighted by atomic mass is 10.2. The van der Waals surface area contributed by atoms with Crippen molar-refractivity contribution in [3.63, 3.8) is 0 Å². The van der Waals surface area contributed by atoms with E-state index in [1.807, 2.05) is 79.4 Å². The van der Waals surface area contributed by atoms with Gasteiger partial charge in [0.15, 0.2) is 0 Å². The van der Waals surface area contributed by atoms with Crippen LogP contribution in [0, 0.1) is 0 Å². The highest BCUT2D eigenvalue weighted by molar-refractivity contribution is 7.88. The van der Waals surface area contributed by atoms with E-state index in [0.717, 1.165) is 11.3 Å². The normalized spacial score (nSPS) is 16.1. The van der Waals surface area contributed by atoms with Crippen LogP contribution in [-0.2, 0) is 20.6 Å². The van der Waals surface area contributed by atoms with Crippen LogP contribution in [0.15, 0.2) is 60.7 Å². The van der Waals surface area contributed by atoms with E-state index in [1.165, 1.54) is 0 Å². The van der Waals surface area contributed by atoms with E-state index in [1.54, 1.807) is 9.21 Å². The lowest BCUT2D eigenvalue weighted by Gasteiger charge is -2.35. The molecule has 0 saturated carbocycles. The van der Waals surface area contributed by atoms with Crippen molar-refractivity contribution in [1.29, 1.82) is 0 Å². The molecule has 2 aromatic carbocycles. The van der Waals surface area contributed by atoms with Gasteiger partial charge >= 0.3 is 0 Å². The third-order valence-corrected chi connectivity index (χ3v) is 6.94. The minimum absolute atomic E-state index is 0.0158. The van der Waals surface area contributed by atoms with E-state index in [9.17, 15) is 13.2 Å². The summed E-state index contributed by atoms with van der Waals surface area (Å²) in [4.78, 5) is 16.8. The first-order chi connectivity index (χ1) is 13.9. The van der Waals surface area contributed by atoms with Crippen LogP contribution < -0.4 is 4.90 Å². The maximum atomic E-state index is 12.9. The van der Waals surface area contributed by atoms with Crippen molar-refractivity contribution >= 4 is 21.6 Å². The Morgan fingerprint density at radius 3 is 2.03 bits per heavy atom. The van der Waals surface area contributed by atoms with Crippen molar-refractivity contribution in [2.45, 2.75) is 25.6 Å². The third kappa shape index (κ3) is 5.65. The van der Waals surface area contributed by atoms with Crippen molar-refractivity contribution in [2.75, 3.05) is 37.6 Å². The molecule has 2 aromatic rings. The minimum atomic E-state index is -3.35. The predicted molar refractivity (Wildman–Crippen MR) is 116 cm³/mol. The molecule has 1 heterocycles. The summed E-state index contributed by atoms with van der Waals surface area (Å²) >= 11 is 0. The first-order valence-corrected chi connectivity index (χ1v) is 11.6. The Bertz CT molecular complexity index is 893. The molecule has 0 aromatic heterocycles. The fourth-order valence-electron chi connectivity index (χ4n) is 3.63. The zero-order valence-electron chi connectivity index (χ0n) is 17.1. The number of carbonyl (C=O) groups excluding carboxylic acids is 1. The monoisotopic (exact) mass is 415 g/mol.